The highest BCUT2D eigenvalue weighted by Gasteiger charge is 2.47. The van der Waals surface area contributed by atoms with Gasteiger partial charge in [0.05, 0.1) is 22.3 Å². The molecule has 1 unspecified atom stereocenters. The van der Waals surface area contributed by atoms with Gasteiger partial charge in [0.15, 0.2) is 5.17 Å². The van der Waals surface area contributed by atoms with E-state index in [0.717, 1.165) is 41.7 Å². The highest BCUT2D eigenvalue weighted by atomic mass is 32.2. The third kappa shape index (κ3) is 3.85. The molecule has 1 saturated carbocycles. The Kier molecular flexibility index (Phi) is 5.41. The molecule has 2 saturated heterocycles. The summed E-state index contributed by atoms with van der Waals surface area (Å²) in [5.74, 6) is 1.09. The molecule has 27 heavy (non-hydrogen) atoms. The Balaban J connectivity index is 1.61. The number of hydrogen-bond donors (Lipinski definition) is 0. The van der Waals surface area contributed by atoms with Gasteiger partial charge < -0.3 is 9.64 Å². The zero-order valence-electron chi connectivity index (χ0n) is 15.9. The van der Waals surface area contributed by atoms with E-state index in [1.165, 1.54) is 38.5 Å². The minimum absolute atomic E-state index is 0.121. The van der Waals surface area contributed by atoms with Crippen molar-refractivity contribution in [1.82, 2.24) is 4.90 Å². The Morgan fingerprint density at radius 3 is 2.81 bits per heavy atom. The standard InChI is InChI=1S/C20H27N3O3S/c1-15-12-16(23(24)25)7-8-18(15)21-19-22(13-17-6-2-5-11-26-17)20(14-27-19)9-3-4-10-20/h7-8,12,17H,2-6,9-11,13-14H2,1H3/b21-19+. The lowest BCUT2D eigenvalue weighted by Crippen LogP contribution is -2.49. The summed E-state index contributed by atoms with van der Waals surface area (Å²) < 4.78 is 6.03. The molecule has 1 aliphatic carbocycles. The molecule has 3 aliphatic rings. The highest BCUT2D eigenvalue weighted by Crippen LogP contribution is 2.45. The van der Waals surface area contributed by atoms with Gasteiger partial charge in [0.1, 0.15) is 0 Å². The fraction of sp³-hybridized carbons (Fsp3) is 0.650. The number of non-ortho nitro benzene ring substituents is 1. The van der Waals surface area contributed by atoms with Crippen LogP contribution in [0.15, 0.2) is 23.2 Å². The summed E-state index contributed by atoms with van der Waals surface area (Å²) in [6, 6.07) is 4.93. The van der Waals surface area contributed by atoms with Crippen molar-refractivity contribution in [3.05, 3.63) is 33.9 Å². The molecular formula is C20H27N3O3S. The van der Waals surface area contributed by atoms with Crippen LogP contribution in [0.25, 0.3) is 0 Å². The topological polar surface area (TPSA) is 68.0 Å². The number of nitrogens with zero attached hydrogens (tertiary/aromatic N) is 3. The predicted molar refractivity (Wildman–Crippen MR) is 109 cm³/mol. The van der Waals surface area contributed by atoms with E-state index in [2.05, 4.69) is 4.90 Å². The first-order valence-corrected chi connectivity index (χ1v) is 10.9. The maximum absolute atomic E-state index is 11.0. The Morgan fingerprint density at radius 2 is 2.15 bits per heavy atom. The molecular weight excluding hydrogens is 362 g/mol. The molecule has 1 atom stereocenters. The maximum atomic E-state index is 11.0. The van der Waals surface area contributed by atoms with E-state index in [4.69, 9.17) is 9.73 Å². The Labute approximate surface area is 164 Å². The monoisotopic (exact) mass is 389 g/mol. The highest BCUT2D eigenvalue weighted by molar-refractivity contribution is 8.14. The van der Waals surface area contributed by atoms with Gasteiger partial charge in [-0.3, -0.25) is 10.1 Å². The molecule has 2 heterocycles. The Hall–Kier alpha value is -1.60. The molecule has 0 aromatic heterocycles. The maximum Gasteiger partial charge on any atom is 0.269 e. The smallest absolute Gasteiger partial charge is 0.269 e. The number of aliphatic imine (C=N–C) groups is 1. The molecule has 1 aromatic rings. The molecule has 3 fully saturated rings. The van der Waals surface area contributed by atoms with Crippen molar-refractivity contribution in [1.29, 1.82) is 0 Å². The molecule has 6 nitrogen and oxygen atoms in total. The number of nitro groups is 1. The molecule has 7 heteroatoms. The van der Waals surface area contributed by atoms with Crippen LogP contribution < -0.4 is 0 Å². The minimum atomic E-state index is -0.353. The van der Waals surface area contributed by atoms with Crippen LogP contribution in [0.3, 0.4) is 0 Å². The zero-order chi connectivity index (χ0) is 18.9. The molecule has 4 rings (SSSR count). The van der Waals surface area contributed by atoms with Crippen molar-refractivity contribution in [2.45, 2.75) is 63.5 Å². The van der Waals surface area contributed by atoms with Crippen LogP contribution in [0, 0.1) is 17.0 Å². The zero-order valence-corrected chi connectivity index (χ0v) is 16.7. The second-order valence-corrected chi connectivity index (χ2v) is 8.88. The lowest BCUT2D eigenvalue weighted by Gasteiger charge is -2.38. The van der Waals surface area contributed by atoms with Gasteiger partial charge in [-0.25, -0.2) is 4.99 Å². The number of nitro benzene ring substituents is 1. The number of benzene rings is 1. The first-order chi connectivity index (χ1) is 13.1. The fourth-order valence-electron chi connectivity index (χ4n) is 4.51. The van der Waals surface area contributed by atoms with E-state index in [9.17, 15) is 10.1 Å². The van der Waals surface area contributed by atoms with Crippen LogP contribution in [0.4, 0.5) is 11.4 Å². The van der Waals surface area contributed by atoms with Gasteiger partial charge in [-0.15, -0.1) is 0 Å². The average molecular weight is 390 g/mol. The quantitative estimate of drug-likeness (QED) is 0.545. The van der Waals surface area contributed by atoms with E-state index in [1.54, 1.807) is 18.2 Å². The van der Waals surface area contributed by atoms with Gasteiger partial charge >= 0.3 is 0 Å². The van der Waals surface area contributed by atoms with E-state index in [1.807, 2.05) is 18.7 Å². The SMILES string of the molecule is Cc1cc([N+](=O)[O-])ccc1/N=C1/SCC2(CCCC2)N1CC1CCCCO1. The molecule has 1 spiro atoms. The van der Waals surface area contributed by atoms with Crippen molar-refractivity contribution in [2.24, 2.45) is 4.99 Å². The van der Waals surface area contributed by atoms with E-state index >= 15 is 0 Å². The number of aryl methyl sites for hydroxylation is 1. The first-order valence-electron chi connectivity index (χ1n) is 9.93. The Morgan fingerprint density at radius 1 is 1.33 bits per heavy atom. The number of hydrogen-bond acceptors (Lipinski definition) is 5. The van der Waals surface area contributed by atoms with Crippen molar-refractivity contribution in [3.8, 4) is 0 Å². The van der Waals surface area contributed by atoms with Gasteiger partial charge in [0.2, 0.25) is 0 Å². The van der Waals surface area contributed by atoms with Crippen molar-refractivity contribution < 1.29 is 9.66 Å². The summed E-state index contributed by atoms with van der Waals surface area (Å²) >= 11 is 1.84. The Bertz CT molecular complexity index is 740. The van der Waals surface area contributed by atoms with E-state index < -0.39 is 0 Å². The lowest BCUT2D eigenvalue weighted by atomic mass is 9.97. The van der Waals surface area contributed by atoms with Crippen LogP contribution in [0.5, 0.6) is 0 Å². The van der Waals surface area contributed by atoms with Crippen LogP contribution >= 0.6 is 11.8 Å². The molecule has 0 bridgehead atoms. The lowest BCUT2D eigenvalue weighted by molar-refractivity contribution is -0.384. The van der Waals surface area contributed by atoms with E-state index in [0.29, 0.717) is 0 Å². The number of amidine groups is 1. The molecule has 2 aliphatic heterocycles. The molecule has 146 valence electrons. The molecule has 1 aromatic carbocycles. The van der Waals surface area contributed by atoms with Crippen LogP contribution in [0.1, 0.15) is 50.5 Å². The third-order valence-corrected chi connectivity index (χ3v) is 7.33. The number of ether oxygens (including phenoxy) is 1. The van der Waals surface area contributed by atoms with Crippen LogP contribution in [-0.4, -0.2) is 45.5 Å². The summed E-state index contributed by atoms with van der Waals surface area (Å²) in [4.78, 5) is 18.1. The van der Waals surface area contributed by atoms with Gasteiger partial charge in [0.25, 0.3) is 5.69 Å². The molecule has 0 amide bonds. The van der Waals surface area contributed by atoms with Crippen molar-refractivity contribution in [3.63, 3.8) is 0 Å². The fourth-order valence-corrected chi connectivity index (χ4v) is 5.94. The second-order valence-electron chi connectivity index (χ2n) is 7.94. The normalized spacial score (nSPS) is 26.2. The largest absolute Gasteiger partial charge is 0.376 e. The summed E-state index contributed by atoms with van der Waals surface area (Å²) in [6.07, 6.45) is 8.85. The minimum Gasteiger partial charge on any atom is -0.376 e. The molecule has 0 N–H and O–H groups in total. The van der Waals surface area contributed by atoms with Gasteiger partial charge in [0, 0.05) is 31.0 Å². The summed E-state index contributed by atoms with van der Waals surface area (Å²) in [7, 11) is 0. The van der Waals surface area contributed by atoms with Crippen molar-refractivity contribution >= 4 is 28.3 Å². The summed E-state index contributed by atoms with van der Waals surface area (Å²) in [5.41, 5.74) is 2.01. The predicted octanol–water partition coefficient (Wildman–Crippen LogP) is 4.82. The van der Waals surface area contributed by atoms with Crippen LogP contribution in [0.2, 0.25) is 0 Å². The number of rotatable bonds is 4. The number of thioether (sulfide) groups is 1. The summed E-state index contributed by atoms with van der Waals surface area (Å²) in [6.45, 7) is 3.68. The average Bonchev–Trinajstić information content (AvgIpc) is 3.27. The molecule has 0 radical (unpaired) electrons. The third-order valence-electron chi connectivity index (χ3n) is 6.08. The van der Waals surface area contributed by atoms with Crippen LogP contribution in [-0.2, 0) is 4.74 Å². The van der Waals surface area contributed by atoms with Gasteiger partial charge in [-0.1, -0.05) is 24.6 Å². The van der Waals surface area contributed by atoms with Gasteiger partial charge in [-0.2, -0.15) is 0 Å². The second kappa shape index (κ2) is 7.80. The van der Waals surface area contributed by atoms with Crippen molar-refractivity contribution in [2.75, 3.05) is 18.9 Å². The first kappa shape index (κ1) is 18.7. The van der Waals surface area contributed by atoms with Gasteiger partial charge in [-0.05, 0) is 50.7 Å². The summed E-state index contributed by atoms with van der Waals surface area (Å²) in [5, 5.41) is 12.1. The van der Waals surface area contributed by atoms with E-state index in [-0.39, 0.29) is 22.3 Å².